The van der Waals surface area contributed by atoms with Crippen LogP contribution in [0.5, 0.6) is 0 Å². The summed E-state index contributed by atoms with van der Waals surface area (Å²) in [6.45, 7) is 2.94. The first kappa shape index (κ1) is 19.8. The van der Waals surface area contributed by atoms with Crippen LogP contribution >= 0.6 is 0 Å². The molecule has 2 aromatic rings. The SMILES string of the molecule is Cc1noc(C)c1S(=O)(=O)Nc1ccc2c(c1)C(=O)N(C1CCC(=O)NC1=O)C2=O. The van der Waals surface area contributed by atoms with Gasteiger partial charge in [-0.1, -0.05) is 5.16 Å². The molecule has 11 nitrogen and oxygen atoms in total. The van der Waals surface area contributed by atoms with Crippen LogP contribution in [0.3, 0.4) is 0 Å². The summed E-state index contributed by atoms with van der Waals surface area (Å²) in [6.07, 6.45) is 0.0357. The Bertz CT molecular complexity index is 1210. The second-order valence-electron chi connectivity index (χ2n) is 6.97. The van der Waals surface area contributed by atoms with Crippen LogP contribution in [-0.4, -0.2) is 48.1 Å². The first-order chi connectivity index (χ1) is 14.1. The van der Waals surface area contributed by atoms with Crippen LogP contribution in [0.15, 0.2) is 27.6 Å². The Morgan fingerprint density at radius 1 is 1.13 bits per heavy atom. The molecular formula is C18H16N4O7S. The Kier molecular flexibility index (Phi) is 4.45. The lowest BCUT2D eigenvalue weighted by molar-refractivity contribution is -0.136. The summed E-state index contributed by atoms with van der Waals surface area (Å²) in [5.74, 6) is -2.49. The molecular weight excluding hydrogens is 416 g/mol. The van der Waals surface area contributed by atoms with E-state index in [1.165, 1.54) is 32.0 Å². The molecule has 3 heterocycles. The van der Waals surface area contributed by atoms with Gasteiger partial charge in [-0.05, 0) is 38.5 Å². The number of anilines is 1. The van der Waals surface area contributed by atoms with Crippen molar-refractivity contribution in [3.05, 3.63) is 40.8 Å². The molecule has 1 atom stereocenters. The molecule has 156 valence electrons. The molecule has 1 saturated heterocycles. The molecule has 2 N–H and O–H groups in total. The molecule has 30 heavy (non-hydrogen) atoms. The molecule has 4 rings (SSSR count). The Morgan fingerprint density at radius 2 is 1.83 bits per heavy atom. The molecule has 0 radical (unpaired) electrons. The number of imide groups is 2. The van der Waals surface area contributed by atoms with Crippen LogP contribution in [0.25, 0.3) is 0 Å². The maximum absolute atomic E-state index is 12.8. The molecule has 1 fully saturated rings. The number of nitrogens with zero attached hydrogens (tertiary/aromatic N) is 2. The van der Waals surface area contributed by atoms with E-state index in [0.717, 1.165) is 4.90 Å². The maximum atomic E-state index is 12.8. The number of aromatic nitrogens is 1. The highest BCUT2D eigenvalue weighted by molar-refractivity contribution is 7.92. The third-order valence-electron chi connectivity index (χ3n) is 4.93. The quantitative estimate of drug-likeness (QED) is 0.661. The highest BCUT2D eigenvalue weighted by atomic mass is 32.2. The molecule has 1 aromatic heterocycles. The Morgan fingerprint density at radius 3 is 2.47 bits per heavy atom. The second kappa shape index (κ2) is 6.76. The molecule has 0 bridgehead atoms. The molecule has 4 amide bonds. The van der Waals surface area contributed by atoms with Gasteiger partial charge in [-0.2, -0.15) is 0 Å². The van der Waals surface area contributed by atoms with Crippen molar-refractivity contribution >= 4 is 39.3 Å². The predicted molar refractivity (Wildman–Crippen MR) is 99.9 cm³/mol. The van der Waals surface area contributed by atoms with Crippen molar-refractivity contribution in [2.24, 2.45) is 0 Å². The van der Waals surface area contributed by atoms with Gasteiger partial charge in [0.15, 0.2) is 10.7 Å². The molecule has 1 aromatic carbocycles. The number of benzene rings is 1. The third kappa shape index (κ3) is 3.05. The normalized spacial score (nSPS) is 19.1. The number of carbonyl (C=O) groups excluding carboxylic acids is 4. The molecule has 2 aliphatic heterocycles. The fourth-order valence-electron chi connectivity index (χ4n) is 3.60. The minimum Gasteiger partial charge on any atom is -0.360 e. The van der Waals surface area contributed by atoms with Gasteiger partial charge in [0, 0.05) is 12.1 Å². The molecule has 1 unspecified atom stereocenters. The third-order valence-corrected chi connectivity index (χ3v) is 6.55. The lowest BCUT2D eigenvalue weighted by atomic mass is 10.0. The number of nitrogens with one attached hydrogen (secondary N) is 2. The highest BCUT2D eigenvalue weighted by Gasteiger charge is 2.44. The summed E-state index contributed by atoms with van der Waals surface area (Å²) in [7, 11) is -4.05. The first-order valence-corrected chi connectivity index (χ1v) is 10.4. The van der Waals surface area contributed by atoms with Crippen LogP contribution in [0.1, 0.15) is 45.0 Å². The van der Waals surface area contributed by atoms with E-state index in [2.05, 4.69) is 15.2 Å². The zero-order chi connectivity index (χ0) is 21.8. The van der Waals surface area contributed by atoms with E-state index >= 15 is 0 Å². The maximum Gasteiger partial charge on any atom is 0.267 e. The zero-order valence-corrected chi connectivity index (χ0v) is 16.7. The van der Waals surface area contributed by atoms with E-state index < -0.39 is 39.7 Å². The summed E-state index contributed by atoms with van der Waals surface area (Å²) in [4.78, 5) is 49.6. The molecule has 0 aliphatic carbocycles. The number of piperidine rings is 1. The lowest BCUT2D eigenvalue weighted by Crippen LogP contribution is -2.54. The number of fused-ring (bicyclic) bond motifs is 1. The lowest BCUT2D eigenvalue weighted by Gasteiger charge is -2.27. The summed E-state index contributed by atoms with van der Waals surface area (Å²) in [6, 6.07) is 2.79. The van der Waals surface area contributed by atoms with E-state index in [-0.39, 0.29) is 46.0 Å². The Balaban J connectivity index is 1.64. The van der Waals surface area contributed by atoms with E-state index in [1.54, 1.807) is 0 Å². The summed E-state index contributed by atoms with van der Waals surface area (Å²) < 4.78 is 32.6. The number of hydrogen-bond donors (Lipinski definition) is 2. The van der Waals surface area contributed by atoms with Crippen LogP contribution in [-0.2, 0) is 19.6 Å². The first-order valence-electron chi connectivity index (χ1n) is 8.91. The summed E-state index contributed by atoms with van der Waals surface area (Å²) in [5, 5.41) is 5.73. The van der Waals surface area contributed by atoms with Crippen molar-refractivity contribution in [3.8, 4) is 0 Å². The van der Waals surface area contributed by atoms with E-state index in [9.17, 15) is 27.6 Å². The average Bonchev–Trinajstić information content (AvgIpc) is 3.12. The minimum absolute atomic E-state index is 0.00625. The van der Waals surface area contributed by atoms with Gasteiger partial charge >= 0.3 is 0 Å². The van der Waals surface area contributed by atoms with E-state index in [0.29, 0.717) is 0 Å². The standard InChI is InChI=1S/C18H16N4O7S/c1-8-15(9(2)29-20-8)30(27,28)21-10-3-4-11-12(7-10)18(26)22(17(11)25)13-5-6-14(23)19-16(13)24/h3-4,7,13,21H,5-6H2,1-2H3,(H,19,23,24). The number of aryl methyl sites for hydroxylation is 2. The molecule has 0 saturated carbocycles. The van der Waals surface area contributed by atoms with Gasteiger partial charge in [0.25, 0.3) is 21.8 Å². The van der Waals surface area contributed by atoms with Gasteiger partial charge in [0.05, 0.1) is 11.1 Å². The average molecular weight is 432 g/mol. The van der Waals surface area contributed by atoms with Crippen LogP contribution in [0.2, 0.25) is 0 Å². The Hall–Kier alpha value is -3.54. The van der Waals surface area contributed by atoms with E-state index in [1.807, 2.05) is 0 Å². The number of sulfonamides is 1. The van der Waals surface area contributed by atoms with Gasteiger partial charge in [-0.25, -0.2) is 8.42 Å². The fraction of sp³-hybridized carbons (Fsp3) is 0.278. The minimum atomic E-state index is -4.05. The van der Waals surface area contributed by atoms with Crippen molar-refractivity contribution in [1.82, 2.24) is 15.4 Å². The van der Waals surface area contributed by atoms with Crippen molar-refractivity contribution < 1.29 is 32.1 Å². The number of amides is 4. The van der Waals surface area contributed by atoms with Crippen LogP contribution < -0.4 is 10.0 Å². The smallest absolute Gasteiger partial charge is 0.267 e. The molecule has 12 heteroatoms. The number of carbonyl (C=O) groups is 4. The van der Waals surface area contributed by atoms with Gasteiger partial charge in [-0.3, -0.25) is 34.1 Å². The largest absolute Gasteiger partial charge is 0.360 e. The zero-order valence-electron chi connectivity index (χ0n) is 15.9. The fourth-order valence-corrected chi connectivity index (χ4v) is 4.98. The highest BCUT2D eigenvalue weighted by Crippen LogP contribution is 2.30. The van der Waals surface area contributed by atoms with Crippen molar-refractivity contribution in [2.45, 2.75) is 37.6 Å². The number of hydrogen-bond acceptors (Lipinski definition) is 8. The topological polar surface area (TPSA) is 156 Å². The Labute approximate surface area is 170 Å². The summed E-state index contributed by atoms with van der Waals surface area (Å²) in [5.41, 5.74) is 0.241. The molecule has 0 spiro atoms. The van der Waals surface area contributed by atoms with Gasteiger partial charge < -0.3 is 4.52 Å². The van der Waals surface area contributed by atoms with Crippen molar-refractivity contribution in [2.75, 3.05) is 4.72 Å². The van der Waals surface area contributed by atoms with Crippen LogP contribution in [0, 0.1) is 13.8 Å². The van der Waals surface area contributed by atoms with Crippen molar-refractivity contribution in [1.29, 1.82) is 0 Å². The van der Waals surface area contributed by atoms with Gasteiger partial charge in [0.2, 0.25) is 11.8 Å². The summed E-state index contributed by atoms with van der Waals surface area (Å²) >= 11 is 0. The van der Waals surface area contributed by atoms with Gasteiger partial charge in [0.1, 0.15) is 11.7 Å². The second-order valence-corrected chi connectivity index (χ2v) is 8.59. The number of rotatable bonds is 4. The predicted octanol–water partition coefficient (Wildman–Crippen LogP) is 0.493. The van der Waals surface area contributed by atoms with Gasteiger partial charge in [-0.15, -0.1) is 0 Å². The van der Waals surface area contributed by atoms with Crippen molar-refractivity contribution in [3.63, 3.8) is 0 Å². The van der Waals surface area contributed by atoms with Crippen LogP contribution in [0.4, 0.5) is 5.69 Å². The van der Waals surface area contributed by atoms with E-state index in [4.69, 9.17) is 4.52 Å². The monoisotopic (exact) mass is 432 g/mol. The molecule has 2 aliphatic rings.